The van der Waals surface area contributed by atoms with Crippen molar-refractivity contribution in [3.63, 3.8) is 0 Å². The fourth-order valence-corrected chi connectivity index (χ4v) is 0.161. The summed E-state index contributed by atoms with van der Waals surface area (Å²) in [7, 11) is 0. The molecule has 0 spiro atoms. The third kappa shape index (κ3) is 12.8. The van der Waals surface area contributed by atoms with Crippen molar-refractivity contribution in [1.82, 2.24) is 0 Å². The van der Waals surface area contributed by atoms with Gasteiger partial charge < -0.3 is 5.21 Å². The van der Waals surface area contributed by atoms with Crippen molar-refractivity contribution in [3.05, 3.63) is 10.1 Å². The van der Waals surface area contributed by atoms with Gasteiger partial charge >= 0.3 is 12.1 Å². The molecule has 0 radical (unpaired) electrons. The van der Waals surface area contributed by atoms with Crippen LogP contribution in [0.25, 0.3) is 0 Å². The third-order valence-electron chi connectivity index (χ3n) is 0.588. The van der Waals surface area contributed by atoms with E-state index in [1.807, 2.05) is 0 Å². The van der Waals surface area contributed by atoms with Gasteiger partial charge in [0.1, 0.15) is 0 Å². The molecule has 0 heterocycles. The van der Waals surface area contributed by atoms with E-state index in [2.05, 4.69) is 19.6 Å². The van der Waals surface area contributed by atoms with Crippen LogP contribution in [-0.4, -0.2) is 32.9 Å². The Balaban J connectivity index is 0. The van der Waals surface area contributed by atoms with Crippen molar-refractivity contribution in [2.45, 2.75) is 12.1 Å². The third-order valence-corrected chi connectivity index (χ3v) is 0.588. The second-order valence-electron chi connectivity index (χ2n) is 2.03. The van der Waals surface area contributed by atoms with E-state index in [9.17, 15) is 0 Å². The Bertz CT molecular complexity index is 186. The fourth-order valence-electron chi connectivity index (χ4n) is 0.161. The minimum Gasteiger partial charge on any atom is -0.328 e. The topological polar surface area (TPSA) is 245 Å². The second kappa shape index (κ2) is 7.14. The van der Waals surface area contributed by atoms with Crippen LogP contribution in [-0.2, 0) is 19.6 Å². The van der Waals surface area contributed by atoms with Crippen molar-refractivity contribution >= 4 is 0 Å². The van der Waals surface area contributed by atoms with E-state index in [1.165, 1.54) is 0 Å². The van der Waals surface area contributed by atoms with E-state index in [4.69, 9.17) is 48.8 Å². The van der Waals surface area contributed by atoms with Crippen molar-refractivity contribution in [3.8, 4) is 0 Å². The summed E-state index contributed by atoms with van der Waals surface area (Å²) >= 11 is 0. The second-order valence-corrected chi connectivity index (χ2v) is 2.03. The molecule has 11 N–H and O–H groups in total. The summed E-state index contributed by atoms with van der Waals surface area (Å²) in [4.78, 5) is 22.8. The molecule has 0 aromatic rings. The summed E-state index contributed by atoms with van der Waals surface area (Å²) in [5.41, 5.74) is 19.2. The average molecular weight is 249 g/mol. The van der Waals surface area contributed by atoms with Crippen LogP contribution in [0.3, 0.4) is 0 Å². The molecule has 0 rings (SSSR count). The lowest BCUT2D eigenvalue weighted by Gasteiger charge is -2.24. The molecule has 14 nitrogen and oxygen atoms in total. The van der Waals surface area contributed by atoms with Gasteiger partial charge in [-0.1, -0.05) is 0 Å². The molecule has 0 saturated carbocycles. The Kier molecular flexibility index (Phi) is 7.67. The summed E-state index contributed by atoms with van der Waals surface area (Å²) in [6, 6.07) is -4.94. The van der Waals surface area contributed by atoms with E-state index < -0.39 is 17.2 Å². The summed E-state index contributed by atoms with van der Waals surface area (Å²) in [6.07, 6.45) is 0. The Hall–Kier alpha value is -1.20. The van der Waals surface area contributed by atoms with Crippen molar-refractivity contribution in [2.24, 2.45) is 22.9 Å². The van der Waals surface area contributed by atoms with E-state index in [-0.39, 0.29) is 0 Å². The summed E-state index contributed by atoms with van der Waals surface area (Å²) in [6.45, 7) is 0. The monoisotopic (exact) mass is 249 g/mol. The molecule has 0 aliphatic carbocycles. The molecular formula is C2H11N5O9. The van der Waals surface area contributed by atoms with Crippen LogP contribution < -0.4 is 22.9 Å². The zero-order valence-electron chi connectivity index (χ0n) is 7.55. The van der Waals surface area contributed by atoms with Crippen LogP contribution in [0, 0.1) is 10.1 Å². The predicted molar refractivity (Wildman–Crippen MR) is 40.6 cm³/mol. The molecule has 0 atom stereocenters. The maximum absolute atomic E-state index is 8.36. The normalized spacial score (nSPS) is 11.6. The first kappa shape index (κ1) is 17.2. The van der Waals surface area contributed by atoms with Gasteiger partial charge in [-0.15, -0.1) is 10.1 Å². The van der Waals surface area contributed by atoms with Crippen LogP contribution in [0.1, 0.15) is 0 Å². The largest absolute Gasteiger partial charge is 0.343 e. The molecule has 0 aliphatic rings. The fraction of sp³-hybridized carbons (Fsp3) is 1.00. The SMILES string of the molecule is NC(N)(OO)OOC(N)(N)OO.O=[N+]([O-])O. The van der Waals surface area contributed by atoms with E-state index in [0.717, 1.165) is 0 Å². The molecule has 0 aliphatic heterocycles. The molecule has 16 heavy (non-hydrogen) atoms. The van der Waals surface area contributed by atoms with Crippen LogP contribution >= 0.6 is 0 Å². The lowest BCUT2D eigenvalue weighted by molar-refractivity contribution is -0.742. The van der Waals surface area contributed by atoms with Crippen LogP contribution in [0.5, 0.6) is 0 Å². The van der Waals surface area contributed by atoms with Gasteiger partial charge in [0, 0.05) is 0 Å². The Morgan fingerprint density at radius 3 is 1.31 bits per heavy atom. The minimum atomic E-state index is -2.47. The molecule has 98 valence electrons. The smallest absolute Gasteiger partial charge is 0.328 e. The standard InChI is InChI=1S/C2H10N4O6.HNO3/c3-1(4,9-7)11-12-2(5,6)10-8;2-1(3)4/h7-8H,3-6H2;(H,2,3,4). The number of nitrogens with zero attached hydrogens (tertiary/aromatic N) is 1. The highest BCUT2D eigenvalue weighted by Gasteiger charge is 2.30. The Morgan fingerprint density at radius 1 is 1.00 bits per heavy atom. The van der Waals surface area contributed by atoms with Gasteiger partial charge in [-0.3, -0.25) is 22.9 Å². The van der Waals surface area contributed by atoms with Crippen LogP contribution in [0.4, 0.5) is 0 Å². The zero-order chi connectivity index (χ0) is 13.4. The van der Waals surface area contributed by atoms with E-state index in [1.54, 1.807) is 0 Å². The maximum atomic E-state index is 8.36. The number of hydrogen-bond donors (Lipinski definition) is 7. The molecule has 0 bridgehead atoms. The molecule has 0 amide bonds. The molecule has 14 heteroatoms. The number of rotatable bonds is 5. The summed E-state index contributed by atoms with van der Waals surface area (Å²) in [5, 5.41) is 29.5. The highest BCUT2D eigenvalue weighted by molar-refractivity contribution is 4.42. The number of hydrogen-bond acceptors (Lipinski definition) is 12. The van der Waals surface area contributed by atoms with Gasteiger partial charge in [0.05, 0.1) is 0 Å². The maximum Gasteiger partial charge on any atom is 0.343 e. The first-order valence-electron chi connectivity index (χ1n) is 3.07. The molecule has 0 aromatic carbocycles. The first-order chi connectivity index (χ1) is 7.06. The first-order valence-corrected chi connectivity index (χ1v) is 3.07. The molecular weight excluding hydrogens is 238 g/mol. The molecule has 0 unspecified atom stereocenters. The van der Waals surface area contributed by atoms with Crippen LogP contribution in [0.15, 0.2) is 0 Å². The lowest BCUT2D eigenvalue weighted by atomic mass is 10.9. The van der Waals surface area contributed by atoms with Gasteiger partial charge in [0.25, 0.3) is 5.09 Å². The molecule has 0 aromatic heterocycles. The highest BCUT2D eigenvalue weighted by Crippen LogP contribution is 2.01. The van der Waals surface area contributed by atoms with E-state index >= 15 is 0 Å². The quantitative estimate of drug-likeness (QED) is 0.109. The van der Waals surface area contributed by atoms with Crippen LogP contribution in [0.2, 0.25) is 0 Å². The van der Waals surface area contributed by atoms with Gasteiger partial charge in [-0.25, -0.2) is 10.5 Å². The van der Waals surface area contributed by atoms with Gasteiger partial charge in [0.15, 0.2) is 0 Å². The summed E-state index contributed by atoms with van der Waals surface area (Å²) in [5.74, 6) is 0. The van der Waals surface area contributed by atoms with Crippen molar-refractivity contribution < 1.29 is 40.4 Å². The van der Waals surface area contributed by atoms with Gasteiger partial charge in [-0.05, 0) is 0 Å². The molecule has 0 fully saturated rings. The number of nitrogens with two attached hydrogens (primary N) is 4. The van der Waals surface area contributed by atoms with E-state index in [0.29, 0.717) is 0 Å². The average Bonchev–Trinajstić information content (AvgIpc) is 2.15. The Labute approximate surface area is 86.7 Å². The van der Waals surface area contributed by atoms with Crippen molar-refractivity contribution in [1.29, 1.82) is 0 Å². The highest BCUT2D eigenvalue weighted by atomic mass is 17.3. The Morgan fingerprint density at radius 2 is 1.19 bits per heavy atom. The zero-order valence-corrected chi connectivity index (χ0v) is 7.55. The van der Waals surface area contributed by atoms with Gasteiger partial charge in [0.2, 0.25) is 0 Å². The van der Waals surface area contributed by atoms with Gasteiger partial charge in [-0.2, -0.15) is 19.6 Å². The lowest BCUT2D eigenvalue weighted by Crippen LogP contribution is -2.60. The predicted octanol–water partition coefficient (Wildman–Crippen LogP) is -3.38. The minimum absolute atomic E-state index is 1.50. The van der Waals surface area contributed by atoms with Crippen molar-refractivity contribution in [2.75, 3.05) is 0 Å². The molecule has 0 saturated heterocycles. The summed E-state index contributed by atoms with van der Waals surface area (Å²) < 4.78 is 0.